The molecule has 1 heterocycles. The third-order valence-electron chi connectivity index (χ3n) is 6.62. The van der Waals surface area contributed by atoms with Gasteiger partial charge in [0.25, 0.3) is 0 Å². The van der Waals surface area contributed by atoms with Crippen molar-refractivity contribution < 1.29 is 9.53 Å². The number of hydrogen-bond acceptors (Lipinski definition) is 4. The quantitative estimate of drug-likeness (QED) is 0.782. The Morgan fingerprint density at radius 2 is 1.96 bits per heavy atom. The molecule has 1 saturated carbocycles. The highest BCUT2D eigenvalue weighted by molar-refractivity contribution is 6.03. The number of aliphatic imine (C=N–C) groups is 1. The van der Waals surface area contributed by atoms with Crippen LogP contribution in [-0.2, 0) is 17.6 Å². The minimum atomic E-state index is -0.254. The SMILES string of the molecule is CC(C)(C)C1CCC(OC(=O)N2CCN=C2Nc2cccc3c2CCC3)CC1. The lowest BCUT2D eigenvalue weighted by molar-refractivity contribution is 0.0351. The normalized spacial score (nSPS) is 24.7. The van der Waals surface area contributed by atoms with E-state index in [1.54, 1.807) is 4.90 Å². The lowest BCUT2D eigenvalue weighted by Crippen LogP contribution is -2.41. The number of carbonyl (C=O) groups is 1. The van der Waals surface area contributed by atoms with Crippen LogP contribution in [0.2, 0.25) is 0 Å². The molecule has 5 heteroatoms. The van der Waals surface area contributed by atoms with Gasteiger partial charge in [-0.25, -0.2) is 9.69 Å². The van der Waals surface area contributed by atoms with Crippen LogP contribution in [0.1, 0.15) is 64.0 Å². The maximum absolute atomic E-state index is 12.8. The second-order valence-corrected chi connectivity index (χ2v) is 9.50. The molecule has 4 rings (SSSR count). The van der Waals surface area contributed by atoms with Crippen molar-refractivity contribution in [3.05, 3.63) is 29.3 Å². The van der Waals surface area contributed by atoms with Crippen LogP contribution in [0.4, 0.5) is 10.5 Å². The van der Waals surface area contributed by atoms with Gasteiger partial charge in [-0.3, -0.25) is 4.99 Å². The van der Waals surface area contributed by atoms with Crippen molar-refractivity contribution in [2.75, 3.05) is 18.4 Å². The highest BCUT2D eigenvalue weighted by Crippen LogP contribution is 2.38. The van der Waals surface area contributed by atoms with Gasteiger partial charge in [-0.15, -0.1) is 0 Å². The Kier molecular flexibility index (Phi) is 5.35. The average molecular weight is 384 g/mol. The summed E-state index contributed by atoms with van der Waals surface area (Å²) >= 11 is 0. The largest absolute Gasteiger partial charge is 0.446 e. The number of benzene rings is 1. The zero-order chi connectivity index (χ0) is 19.7. The second-order valence-electron chi connectivity index (χ2n) is 9.50. The van der Waals surface area contributed by atoms with E-state index < -0.39 is 0 Å². The van der Waals surface area contributed by atoms with E-state index in [1.165, 1.54) is 17.5 Å². The van der Waals surface area contributed by atoms with Crippen LogP contribution >= 0.6 is 0 Å². The van der Waals surface area contributed by atoms with Gasteiger partial charge in [0.2, 0.25) is 5.96 Å². The molecule has 0 unspecified atom stereocenters. The van der Waals surface area contributed by atoms with Gasteiger partial charge in [0.1, 0.15) is 6.10 Å². The van der Waals surface area contributed by atoms with Crippen LogP contribution in [0.15, 0.2) is 23.2 Å². The third kappa shape index (κ3) is 4.03. The van der Waals surface area contributed by atoms with Crippen molar-refractivity contribution in [2.24, 2.45) is 16.3 Å². The minimum absolute atomic E-state index is 0.0360. The fraction of sp³-hybridized carbons (Fsp3) is 0.652. The van der Waals surface area contributed by atoms with Gasteiger partial charge in [0, 0.05) is 5.69 Å². The second kappa shape index (κ2) is 7.76. The number of carbonyl (C=O) groups excluding carboxylic acids is 1. The van der Waals surface area contributed by atoms with E-state index in [2.05, 4.69) is 49.3 Å². The zero-order valence-electron chi connectivity index (χ0n) is 17.5. The van der Waals surface area contributed by atoms with E-state index in [9.17, 15) is 4.79 Å². The van der Waals surface area contributed by atoms with Crippen molar-refractivity contribution in [3.8, 4) is 0 Å². The molecule has 0 radical (unpaired) electrons. The summed E-state index contributed by atoms with van der Waals surface area (Å²) in [5.41, 5.74) is 4.20. The lowest BCUT2D eigenvalue weighted by atomic mass is 9.72. The van der Waals surface area contributed by atoms with Crippen LogP contribution in [0.25, 0.3) is 0 Å². The molecule has 152 valence electrons. The molecular weight excluding hydrogens is 350 g/mol. The van der Waals surface area contributed by atoms with E-state index in [-0.39, 0.29) is 12.2 Å². The van der Waals surface area contributed by atoms with Crippen LogP contribution in [0.3, 0.4) is 0 Å². The van der Waals surface area contributed by atoms with Gasteiger partial charge in [-0.2, -0.15) is 0 Å². The van der Waals surface area contributed by atoms with Gasteiger partial charge in [-0.05, 0) is 73.5 Å². The van der Waals surface area contributed by atoms with E-state index in [0.29, 0.717) is 30.4 Å². The average Bonchev–Trinajstić information content (AvgIpc) is 3.31. The Morgan fingerprint density at radius 1 is 1.18 bits per heavy atom. The predicted molar refractivity (Wildman–Crippen MR) is 113 cm³/mol. The fourth-order valence-corrected chi connectivity index (χ4v) is 4.84. The Hall–Kier alpha value is -2.04. The molecule has 1 aliphatic heterocycles. The van der Waals surface area contributed by atoms with Crippen LogP contribution in [0.5, 0.6) is 0 Å². The number of fused-ring (bicyclic) bond motifs is 1. The summed E-state index contributed by atoms with van der Waals surface area (Å²) in [5.74, 6) is 1.35. The van der Waals surface area contributed by atoms with Crippen molar-refractivity contribution in [1.29, 1.82) is 0 Å². The predicted octanol–water partition coefficient (Wildman–Crippen LogP) is 5.00. The molecule has 0 aromatic heterocycles. The van der Waals surface area contributed by atoms with Gasteiger partial charge < -0.3 is 10.1 Å². The molecule has 0 saturated heterocycles. The molecule has 5 nitrogen and oxygen atoms in total. The zero-order valence-corrected chi connectivity index (χ0v) is 17.5. The first kappa shape index (κ1) is 19.3. The van der Waals surface area contributed by atoms with E-state index in [4.69, 9.17) is 4.74 Å². The number of hydrogen-bond donors (Lipinski definition) is 1. The Bertz CT molecular complexity index is 758. The molecule has 0 atom stereocenters. The summed E-state index contributed by atoms with van der Waals surface area (Å²) in [6.45, 7) is 8.14. The third-order valence-corrected chi connectivity index (χ3v) is 6.62. The van der Waals surface area contributed by atoms with Crippen LogP contribution in [-0.4, -0.2) is 36.1 Å². The summed E-state index contributed by atoms with van der Waals surface area (Å²) in [6, 6.07) is 6.37. The number of amides is 1. The van der Waals surface area contributed by atoms with Crippen molar-refractivity contribution in [1.82, 2.24) is 4.90 Å². The summed E-state index contributed by atoms with van der Waals surface area (Å²) < 4.78 is 5.86. The lowest BCUT2D eigenvalue weighted by Gasteiger charge is -2.37. The molecule has 1 N–H and O–H groups in total. The molecule has 1 aromatic rings. The molecule has 3 aliphatic rings. The van der Waals surface area contributed by atoms with E-state index in [0.717, 1.165) is 44.2 Å². The number of guanidine groups is 1. The smallest absolute Gasteiger partial charge is 0.416 e. The van der Waals surface area contributed by atoms with Crippen LogP contribution in [0, 0.1) is 11.3 Å². The number of aryl methyl sites for hydroxylation is 1. The molecule has 28 heavy (non-hydrogen) atoms. The minimum Gasteiger partial charge on any atom is -0.446 e. The standard InChI is InChI=1S/C23H33N3O2/c1-23(2,3)17-10-12-18(13-11-17)28-22(27)26-15-14-24-21(26)25-20-9-5-7-16-6-4-8-19(16)20/h5,7,9,17-18H,4,6,8,10-15H2,1-3H3,(H,24,25). The summed E-state index contributed by atoms with van der Waals surface area (Å²) in [7, 11) is 0. The van der Waals surface area contributed by atoms with E-state index >= 15 is 0 Å². The summed E-state index contributed by atoms with van der Waals surface area (Å²) in [6.07, 6.45) is 7.41. The van der Waals surface area contributed by atoms with Gasteiger partial charge in [0.15, 0.2) is 0 Å². The van der Waals surface area contributed by atoms with E-state index in [1.807, 2.05) is 0 Å². The van der Waals surface area contributed by atoms with Gasteiger partial charge in [-0.1, -0.05) is 32.9 Å². The van der Waals surface area contributed by atoms with Crippen LogP contribution < -0.4 is 5.32 Å². The Labute approximate surface area is 168 Å². The molecule has 0 bridgehead atoms. The molecule has 1 fully saturated rings. The molecule has 1 aromatic carbocycles. The first-order valence-corrected chi connectivity index (χ1v) is 10.8. The maximum Gasteiger partial charge on any atom is 0.416 e. The highest BCUT2D eigenvalue weighted by atomic mass is 16.6. The monoisotopic (exact) mass is 383 g/mol. The van der Waals surface area contributed by atoms with Gasteiger partial charge >= 0.3 is 6.09 Å². The number of nitrogens with zero attached hydrogens (tertiary/aromatic N) is 2. The first-order valence-electron chi connectivity index (χ1n) is 10.8. The van der Waals surface area contributed by atoms with Crippen molar-refractivity contribution >= 4 is 17.7 Å². The molecule has 2 aliphatic carbocycles. The highest BCUT2D eigenvalue weighted by Gasteiger charge is 2.33. The Morgan fingerprint density at radius 3 is 2.71 bits per heavy atom. The molecular formula is C23H33N3O2. The maximum atomic E-state index is 12.8. The van der Waals surface area contributed by atoms with Crippen molar-refractivity contribution in [3.63, 3.8) is 0 Å². The number of ether oxygens (including phenoxy) is 1. The Balaban J connectivity index is 1.35. The number of rotatable bonds is 2. The topological polar surface area (TPSA) is 53.9 Å². The number of nitrogens with one attached hydrogen (secondary N) is 1. The first-order chi connectivity index (χ1) is 13.4. The summed E-state index contributed by atoms with van der Waals surface area (Å²) in [5, 5.41) is 3.41. The summed E-state index contributed by atoms with van der Waals surface area (Å²) in [4.78, 5) is 19.0. The number of anilines is 1. The molecule has 1 amide bonds. The fourth-order valence-electron chi connectivity index (χ4n) is 4.84. The molecule has 0 spiro atoms. The van der Waals surface area contributed by atoms with Gasteiger partial charge in [0.05, 0.1) is 13.1 Å². The van der Waals surface area contributed by atoms with Crippen molar-refractivity contribution in [2.45, 2.75) is 71.8 Å².